The van der Waals surface area contributed by atoms with Gasteiger partial charge < -0.3 is 15.3 Å². The van der Waals surface area contributed by atoms with E-state index in [1.807, 2.05) is 30.3 Å². The van der Waals surface area contributed by atoms with Crippen LogP contribution in [-0.2, 0) is 17.6 Å². The second kappa shape index (κ2) is 7.79. The van der Waals surface area contributed by atoms with Gasteiger partial charge in [-0.25, -0.2) is 0 Å². The number of nitrogens with zero attached hydrogens (tertiary/aromatic N) is 2. The van der Waals surface area contributed by atoms with Crippen molar-refractivity contribution in [2.75, 3.05) is 11.9 Å². The molecule has 0 fully saturated rings. The van der Waals surface area contributed by atoms with Crippen LogP contribution < -0.4 is 10.2 Å². The van der Waals surface area contributed by atoms with E-state index in [-0.39, 0.29) is 23.3 Å². The van der Waals surface area contributed by atoms with E-state index >= 15 is 0 Å². The molecule has 1 aliphatic heterocycles. The Morgan fingerprint density at radius 3 is 2.83 bits per heavy atom. The zero-order valence-electron chi connectivity index (χ0n) is 16.1. The number of rotatable bonds is 4. The fraction of sp³-hybridized carbons (Fsp3) is 0.227. The summed E-state index contributed by atoms with van der Waals surface area (Å²) in [6.07, 6.45) is 1.67. The number of aromatic nitrogens is 2. The smallest absolute Gasteiger partial charge is 0.272 e. The van der Waals surface area contributed by atoms with Crippen molar-refractivity contribution in [2.24, 2.45) is 0 Å². The van der Waals surface area contributed by atoms with Gasteiger partial charge in [-0.1, -0.05) is 30.3 Å². The average molecular weight is 390 g/mol. The van der Waals surface area contributed by atoms with Crippen molar-refractivity contribution >= 4 is 17.5 Å². The van der Waals surface area contributed by atoms with Crippen LogP contribution in [0.2, 0.25) is 0 Å². The fourth-order valence-corrected chi connectivity index (χ4v) is 3.63. The van der Waals surface area contributed by atoms with E-state index < -0.39 is 6.04 Å². The molecule has 4 rings (SSSR count). The molecular weight excluding hydrogens is 368 g/mol. The molecule has 0 radical (unpaired) electrons. The summed E-state index contributed by atoms with van der Waals surface area (Å²) in [5, 5.41) is 19.5. The highest BCUT2D eigenvalue weighted by molar-refractivity contribution is 6.02. The highest BCUT2D eigenvalue weighted by Gasteiger charge is 2.30. The lowest BCUT2D eigenvalue weighted by atomic mass is 10.1. The van der Waals surface area contributed by atoms with E-state index in [0.717, 1.165) is 22.5 Å². The summed E-state index contributed by atoms with van der Waals surface area (Å²) in [4.78, 5) is 27.0. The molecule has 0 saturated carbocycles. The molecule has 1 aliphatic rings. The number of fused-ring (bicyclic) bond motifs is 1. The standard InChI is InChI=1S/C22H22N4O3/c1-26-20-10-8-17(27)12-15(20)7-9-18(22(26)29)23-21(28)19-13-16(24-25-19)11-14-5-3-2-4-6-14/h2-6,8,10,12-13,18,27H,7,9,11H2,1H3,(H,23,28)(H,24,25)/t18-/m0/s1. The van der Waals surface area contributed by atoms with Gasteiger partial charge in [0.2, 0.25) is 5.91 Å². The molecule has 29 heavy (non-hydrogen) atoms. The first kappa shape index (κ1) is 18.7. The molecule has 2 amide bonds. The second-order valence-electron chi connectivity index (χ2n) is 7.22. The van der Waals surface area contributed by atoms with Gasteiger partial charge in [0.1, 0.15) is 17.5 Å². The van der Waals surface area contributed by atoms with Gasteiger partial charge in [0, 0.05) is 24.8 Å². The van der Waals surface area contributed by atoms with Crippen molar-refractivity contribution in [3.05, 3.63) is 77.1 Å². The summed E-state index contributed by atoms with van der Waals surface area (Å²) in [6, 6.07) is 15.9. The van der Waals surface area contributed by atoms with E-state index in [1.165, 1.54) is 4.90 Å². The number of nitrogens with one attached hydrogen (secondary N) is 2. The van der Waals surface area contributed by atoms with Crippen LogP contribution in [0.25, 0.3) is 0 Å². The molecule has 2 aromatic carbocycles. The molecule has 1 aromatic heterocycles. The van der Waals surface area contributed by atoms with E-state index in [0.29, 0.717) is 19.3 Å². The summed E-state index contributed by atoms with van der Waals surface area (Å²) in [5.74, 6) is -0.418. The number of aromatic hydroxyl groups is 1. The number of hydrogen-bond acceptors (Lipinski definition) is 4. The van der Waals surface area contributed by atoms with Gasteiger partial charge in [-0.15, -0.1) is 0 Å². The Hall–Kier alpha value is -3.61. The van der Waals surface area contributed by atoms with E-state index in [1.54, 1.807) is 31.3 Å². The van der Waals surface area contributed by atoms with Gasteiger partial charge in [-0.3, -0.25) is 14.7 Å². The zero-order valence-corrected chi connectivity index (χ0v) is 16.1. The van der Waals surface area contributed by atoms with E-state index in [4.69, 9.17) is 0 Å². The number of carbonyl (C=O) groups excluding carboxylic acids is 2. The normalized spacial score (nSPS) is 16.2. The maximum absolute atomic E-state index is 12.8. The number of hydrogen-bond donors (Lipinski definition) is 3. The minimum Gasteiger partial charge on any atom is -0.508 e. The van der Waals surface area contributed by atoms with Gasteiger partial charge in [-0.2, -0.15) is 5.10 Å². The minimum atomic E-state index is -0.656. The first-order valence-electron chi connectivity index (χ1n) is 9.50. The SMILES string of the molecule is CN1C(=O)[C@@H](NC(=O)c2cc(Cc3ccccc3)[nH]n2)CCc2cc(O)ccc21. The third kappa shape index (κ3) is 3.99. The lowest BCUT2D eigenvalue weighted by Crippen LogP contribution is -2.46. The van der Waals surface area contributed by atoms with Crippen LogP contribution in [-0.4, -0.2) is 40.2 Å². The molecule has 0 spiro atoms. The Bertz CT molecular complexity index is 1050. The lowest BCUT2D eigenvalue weighted by Gasteiger charge is -2.21. The summed E-state index contributed by atoms with van der Waals surface area (Å²) >= 11 is 0. The molecule has 7 nitrogen and oxygen atoms in total. The Kier molecular flexibility index (Phi) is 5.03. The highest BCUT2D eigenvalue weighted by atomic mass is 16.3. The fourth-order valence-electron chi connectivity index (χ4n) is 3.63. The molecule has 1 atom stereocenters. The zero-order chi connectivity index (χ0) is 20.4. The number of anilines is 1. The van der Waals surface area contributed by atoms with Gasteiger partial charge in [0.05, 0.1) is 0 Å². The predicted molar refractivity (Wildman–Crippen MR) is 109 cm³/mol. The van der Waals surface area contributed by atoms with E-state index in [9.17, 15) is 14.7 Å². The monoisotopic (exact) mass is 390 g/mol. The molecule has 0 unspecified atom stereocenters. The molecule has 148 valence electrons. The maximum Gasteiger partial charge on any atom is 0.272 e. The third-order valence-corrected chi connectivity index (χ3v) is 5.16. The number of amides is 2. The predicted octanol–water partition coefficient (Wildman–Crippen LogP) is 2.41. The lowest BCUT2D eigenvalue weighted by molar-refractivity contribution is -0.120. The van der Waals surface area contributed by atoms with Crippen LogP contribution in [0.3, 0.4) is 0 Å². The van der Waals surface area contributed by atoms with Crippen molar-refractivity contribution in [3.8, 4) is 5.75 Å². The Labute approximate surface area is 168 Å². The Balaban J connectivity index is 1.45. The molecule has 3 N–H and O–H groups in total. The molecular formula is C22H22N4O3. The summed E-state index contributed by atoms with van der Waals surface area (Å²) in [7, 11) is 1.68. The van der Waals surface area contributed by atoms with E-state index in [2.05, 4.69) is 15.5 Å². The number of phenolic OH excluding ortho intramolecular Hbond substituents is 1. The van der Waals surface area contributed by atoms with Crippen molar-refractivity contribution in [3.63, 3.8) is 0 Å². The number of H-pyrrole nitrogens is 1. The molecule has 3 aromatic rings. The summed E-state index contributed by atoms with van der Waals surface area (Å²) < 4.78 is 0. The number of aryl methyl sites for hydroxylation is 1. The Morgan fingerprint density at radius 1 is 1.24 bits per heavy atom. The van der Waals surface area contributed by atoms with Crippen LogP contribution in [0, 0.1) is 0 Å². The average Bonchev–Trinajstić information content (AvgIpc) is 3.15. The largest absolute Gasteiger partial charge is 0.508 e. The van der Waals surface area contributed by atoms with Crippen molar-refractivity contribution < 1.29 is 14.7 Å². The second-order valence-corrected chi connectivity index (χ2v) is 7.22. The van der Waals surface area contributed by atoms with Crippen molar-refractivity contribution in [1.29, 1.82) is 0 Å². The first-order valence-corrected chi connectivity index (χ1v) is 9.50. The summed E-state index contributed by atoms with van der Waals surface area (Å²) in [5.41, 5.74) is 3.82. The molecule has 0 aliphatic carbocycles. The van der Waals surface area contributed by atoms with Gasteiger partial charge in [0.25, 0.3) is 5.91 Å². The number of likely N-dealkylation sites (N-methyl/N-ethyl adjacent to an activating group) is 1. The Morgan fingerprint density at radius 2 is 2.03 bits per heavy atom. The van der Waals surface area contributed by atoms with Crippen molar-refractivity contribution in [1.82, 2.24) is 15.5 Å². The molecule has 7 heteroatoms. The van der Waals surface area contributed by atoms with Crippen LogP contribution in [0.1, 0.15) is 33.7 Å². The first-order chi connectivity index (χ1) is 14.0. The summed E-state index contributed by atoms with van der Waals surface area (Å²) in [6.45, 7) is 0. The third-order valence-electron chi connectivity index (χ3n) is 5.16. The quantitative estimate of drug-likeness (QED) is 0.637. The highest BCUT2D eigenvalue weighted by Crippen LogP contribution is 2.29. The number of aromatic amines is 1. The number of benzene rings is 2. The topological polar surface area (TPSA) is 98.3 Å². The van der Waals surface area contributed by atoms with Crippen LogP contribution in [0.4, 0.5) is 5.69 Å². The van der Waals surface area contributed by atoms with Gasteiger partial charge >= 0.3 is 0 Å². The van der Waals surface area contributed by atoms with Crippen LogP contribution in [0.5, 0.6) is 5.75 Å². The maximum atomic E-state index is 12.8. The molecule has 0 bridgehead atoms. The van der Waals surface area contributed by atoms with Crippen LogP contribution in [0.15, 0.2) is 54.6 Å². The van der Waals surface area contributed by atoms with Crippen molar-refractivity contribution in [2.45, 2.75) is 25.3 Å². The number of carbonyl (C=O) groups is 2. The number of phenols is 1. The van der Waals surface area contributed by atoms with Gasteiger partial charge in [0.15, 0.2) is 0 Å². The molecule has 2 heterocycles. The minimum absolute atomic E-state index is 0.162. The molecule has 0 saturated heterocycles. The van der Waals surface area contributed by atoms with Crippen LogP contribution >= 0.6 is 0 Å². The van der Waals surface area contributed by atoms with Gasteiger partial charge in [-0.05, 0) is 48.2 Å².